The van der Waals surface area contributed by atoms with Crippen LogP contribution in [0.4, 0.5) is 30.7 Å². The van der Waals surface area contributed by atoms with Gasteiger partial charge in [-0.25, -0.2) is 4.39 Å². The molecule has 3 fully saturated rings. The van der Waals surface area contributed by atoms with Crippen LogP contribution in [0, 0.1) is 11.7 Å². The van der Waals surface area contributed by atoms with Crippen LogP contribution in [0.15, 0.2) is 42.5 Å². The summed E-state index contributed by atoms with van der Waals surface area (Å²) in [6, 6.07) is 7.26. The van der Waals surface area contributed by atoms with E-state index in [0.29, 0.717) is 38.1 Å². The molecule has 3 saturated heterocycles. The van der Waals surface area contributed by atoms with Crippen molar-refractivity contribution in [2.24, 2.45) is 5.92 Å². The molecule has 11 heteroatoms. The summed E-state index contributed by atoms with van der Waals surface area (Å²) in [5, 5.41) is 0. The van der Waals surface area contributed by atoms with E-state index < -0.39 is 41.5 Å². The number of nitrogens with zero attached hydrogens (tertiary/aromatic N) is 2. The normalized spacial score (nSPS) is 26.6. The number of ether oxygens (including phenoxy) is 1. The summed E-state index contributed by atoms with van der Waals surface area (Å²) in [6.45, 7) is 3.93. The molecule has 224 valence electrons. The van der Waals surface area contributed by atoms with Gasteiger partial charge >= 0.3 is 12.4 Å². The van der Waals surface area contributed by atoms with Gasteiger partial charge < -0.3 is 9.64 Å². The predicted molar refractivity (Wildman–Crippen MR) is 137 cm³/mol. The Kier molecular flexibility index (Phi) is 8.40. The Hall–Kier alpha value is -2.66. The molecule has 2 aromatic rings. The highest BCUT2D eigenvalue weighted by molar-refractivity contribution is 5.79. The lowest BCUT2D eigenvalue weighted by molar-refractivity contribution is -0.143. The molecule has 3 aliphatic rings. The average Bonchev–Trinajstić information content (AvgIpc) is 3.29. The number of carbonyl (C=O) groups is 1. The fraction of sp³-hybridized carbons (Fsp3) is 0.567. The number of piperidine rings is 2. The standard InChI is InChI=1S/C30H33F7N2O2/c1-18(21-13-22(29(32,33)34)16-23(14-21)30(35,36)37)41-26-17-39-12-9-20(28(40)38-10-3-2-4-11-38)15-25(39)27(26)19-5-7-24(31)8-6-19/h5-8,13-14,16,18,20,25-27H,2-4,9-12,15,17H2,1H3/t18-,20?,25?,26+,27?/m1/s1. The van der Waals surface area contributed by atoms with Crippen LogP contribution >= 0.6 is 0 Å². The lowest BCUT2D eigenvalue weighted by Gasteiger charge is -2.39. The minimum absolute atomic E-state index is 0.104. The van der Waals surface area contributed by atoms with E-state index in [1.165, 1.54) is 19.1 Å². The van der Waals surface area contributed by atoms with Crippen molar-refractivity contribution in [3.05, 3.63) is 70.5 Å². The molecule has 0 radical (unpaired) electrons. The number of rotatable bonds is 5. The van der Waals surface area contributed by atoms with Crippen molar-refractivity contribution < 1.29 is 40.3 Å². The molecular weight excluding hydrogens is 553 g/mol. The molecule has 41 heavy (non-hydrogen) atoms. The summed E-state index contributed by atoms with van der Waals surface area (Å²) >= 11 is 0. The van der Waals surface area contributed by atoms with E-state index in [0.717, 1.165) is 37.9 Å². The largest absolute Gasteiger partial charge is 0.416 e. The first kappa shape index (κ1) is 29.8. The van der Waals surface area contributed by atoms with Crippen molar-refractivity contribution >= 4 is 5.91 Å². The van der Waals surface area contributed by atoms with E-state index in [1.54, 1.807) is 12.1 Å². The zero-order valence-electron chi connectivity index (χ0n) is 22.6. The van der Waals surface area contributed by atoms with Gasteiger partial charge in [0.15, 0.2) is 0 Å². The lowest BCUT2D eigenvalue weighted by Crippen LogP contribution is -2.47. The summed E-state index contributed by atoms with van der Waals surface area (Å²) < 4.78 is 101. The van der Waals surface area contributed by atoms with Gasteiger partial charge in [0, 0.05) is 37.5 Å². The van der Waals surface area contributed by atoms with Crippen LogP contribution in [0.2, 0.25) is 0 Å². The zero-order chi connectivity index (χ0) is 29.5. The Balaban J connectivity index is 1.42. The highest BCUT2D eigenvalue weighted by Crippen LogP contribution is 2.45. The van der Waals surface area contributed by atoms with E-state index in [2.05, 4.69) is 4.90 Å². The fourth-order valence-corrected chi connectivity index (χ4v) is 6.64. The molecule has 0 bridgehead atoms. The number of halogens is 7. The third-order valence-electron chi connectivity index (χ3n) is 8.72. The van der Waals surface area contributed by atoms with Gasteiger partial charge in [-0.05, 0) is 87.0 Å². The number of hydrogen-bond donors (Lipinski definition) is 0. The van der Waals surface area contributed by atoms with Crippen molar-refractivity contribution in [3.8, 4) is 0 Å². The van der Waals surface area contributed by atoms with Crippen LogP contribution in [-0.2, 0) is 21.9 Å². The highest BCUT2D eigenvalue weighted by atomic mass is 19.4. The molecule has 2 aromatic carbocycles. The molecule has 0 aromatic heterocycles. The predicted octanol–water partition coefficient (Wildman–Crippen LogP) is 7.20. The third-order valence-corrected chi connectivity index (χ3v) is 8.72. The molecule has 3 heterocycles. The van der Waals surface area contributed by atoms with Crippen molar-refractivity contribution in [1.29, 1.82) is 0 Å². The molecule has 5 rings (SSSR count). The molecule has 3 aliphatic heterocycles. The fourth-order valence-electron chi connectivity index (χ4n) is 6.64. The van der Waals surface area contributed by atoms with Crippen molar-refractivity contribution in [2.75, 3.05) is 26.2 Å². The molecule has 0 spiro atoms. The van der Waals surface area contributed by atoms with Crippen LogP contribution in [0.5, 0.6) is 0 Å². The summed E-state index contributed by atoms with van der Waals surface area (Å²) in [5.41, 5.74) is -2.26. The van der Waals surface area contributed by atoms with Crippen LogP contribution in [-0.4, -0.2) is 54.0 Å². The second-order valence-corrected chi connectivity index (χ2v) is 11.4. The number of hydrogen-bond acceptors (Lipinski definition) is 3. The Morgan fingerprint density at radius 3 is 2.10 bits per heavy atom. The quantitative estimate of drug-likeness (QED) is 0.348. The molecule has 1 amide bonds. The van der Waals surface area contributed by atoms with E-state index in [9.17, 15) is 35.5 Å². The van der Waals surface area contributed by atoms with Gasteiger partial charge in [-0.3, -0.25) is 9.69 Å². The molecule has 0 saturated carbocycles. The van der Waals surface area contributed by atoms with Crippen molar-refractivity contribution in [2.45, 2.75) is 75.5 Å². The second-order valence-electron chi connectivity index (χ2n) is 11.4. The number of alkyl halides is 6. The minimum Gasteiger partial charge on any atom is -0.369 e. The Morgan fingerprint density at radius 2 is 1.51 bits per heavy atom. The Bertz CT molecular complexity index is 1190. The summed E-state index contributed by atoms with van der Waals surface area (Å²) in [5.74, 6) is -0.836. The second kappa shape index (κ2) is 11.6. The molecule has 0 N–H and O–H groups in total. The molecule has 4 nitrogen and oxygen atoms in total. The first-order valence-corrected chi connectivity index (χ1v) is 14.0. The van der Waals surface area contributed by atoms with Gasteiger partial charge in [0.2, 0.25) is 5.91 Å². The molecule has 5 atom stereocenters. The number of amides is 1. The number of benzene rings is 2. The monoisotopic (exact) mass is 586 g/mol. The Morgan fingerprint density at radius 1 is 0.902 bits per heavy atom. The molecular formula is C30H33F7N2O2. The summed E-state index contributed by atoms with van der Waals surface area (Å²) in [7, 11) is 0. The van der Waals surface area contributed by atoms with E-state index in [-0.39, 0.29) is 35.4 Å². The molecule has 3 unspecified atom stereocenters. The topological polar surface area (TPSA) is 32.8 Å². The SMILES string of the molecule is C[C@@H](O[C@H]1CN2CCC(C(=O)N3CCCCC3)CC2C1c1ccc(F)cc1)c1cc(C(F)(F)F)cc(C(F)(F)F)c1. The summed E-state index contributed by atoms with van der Waals surface area (Å²) in [6.07, 6.45) is -7.33. The average molecular weight is 587 g/mol. The van der Waals surface area contributed by atoms with Crippen molar-refractivity contribution in [3.63, 3.8) is 0 Å². The van der Waals surface area contributed by atoms with Gasteiger partial charge in [-0.2, -0.15) is 26.3 Å². The Labute approximate surface area is 234 Å². The van der Waals surface area contributed by atoms with Crippen molar-refractivity contribution in [1.82, 2.24) is 9.80 Å². The third kappa shape index (κ3) is 6.56. The first-order valence-electron chi connectivity index (χ1n) is 14.0. The molecule has 0 aliphatic carbocycles. The van der Waals surface area contributed by atoms with Gasteiger partial charge in [0.25, 0.3) is 0 Å². The van der Waals surface area contributed by atoms with Crippen LogP contribution in [0.3, 0.4) is 0 Å². The van der Waals surface area contributed by atoms with E-state index in [1.807, 2.05) is 4.90 Å². The van der Waals surface area contributed by atoms with E-state index >= 15 is 0 Å². The van der Waals surface area contributed by atoms with Gasteiger partial charge in [0.05, 0.1) is 23.3 Å². The highest BCUT2D eigenvalue weighted by Gasteiger charge is 2.48. The summed E-state index contributed by atoms with van der Waals surface area (Å²) in [4.78, 5) is 17.4. The number of fused-ring (bicyclic) bond motifs is 1. The number of carbonyl (C=O) groups excluding carboxylic acids is 1. The van der Waals surface area contributed by atoms with Gasteiger partial charge in [0.1, 0.15) is 5.82 Å². The lowest BCUT2D eigenvalue weighted by atomic mass is 9.81. The smallest absolute Gasteiger partial charge is 0.369 e. The van der Waals surface area contributed by atoms with E-state index in [4.69, 9.17) is 4.74 Å². The van der Waals surface area contributed by atoms with Gasteiger partial charge in [-0.15, -0.1) is 0 Å². The zero-order valence-corrected chi connectivity index (χ0v) is 22.6. The van der Waals surface area contributed by atoms with Crippen LogP contribution in [0.25, 0.3) is 0 Å². The number of likely N-dealkylation sites (tertiary alicyclic amines) is 1. The maximum atomic E-state index is 13.8. The maximum absolute atomic E-state index is 13.8. The minimum atomic E-state index is -4.96. The first-order chi connectivity index (χ1) is 19.3. The van der Waals surface area contributed by atoms with Crippen LogP contribution < -0.4 is 0 Å². The van der Waals surface area contributed by atoms with Gasteiger partial charge in [-0.1, -0.05) is 12.1 Å². The van der Waals surface area contributed by atoms with Crippen LogP contribution in [0.1, 0.15) is 73.3 Å². The maximum Gasteiger partial charge on any atom is 0.416 e.